The van der Waals surface area contributed by atoms with Crippen LogP contribution in [0.15, 0.2) is 63.1 Å². The molecule has 3 saturated heterocycles. The van der Waals surface area contributed by atoms with Gasteiger partial charge in [0.25, 0.3) is 5.56 Å². The number of aliphatic hydroxyl groups excluding tert-OH is 2. The van der Waals surface area contributed by atoms with E-state index in [0.717, 1.165) is 66.4 Å². The van der Waals surface area contributed by atoms with Gasteiger partial charge < -0.3 is 94.5 Å². The van der Waals surface area contributed by atoms with E-state index in [1.54, 1.807) is 24.3 Å². The molecule has 0 aliphatic carbocycles. The number of phosphoric ester groups is 2. The standard InChI is InChI=1S/C57H81N9O31P2S/c1-26(52(77)63-36(51(58)76)17-11-12-21-59-100(84,85)41-19-14-15-34-35(41)16-13-18-37(34)65(9)10)60-53(78)27(2)89-49-44(62-29(4)68)56(96-99(82,83)97-98(80,81)88-25-38-45(74)46(75)54(92-38)66-22-20-42(73)64-57(66)79)94-40(24-87-31(6)70)48(49)95-55-43(61-28(3)67)50(91-33(8)72)47(90-32(7)71)39(93-55)23-86-30(5)69/h13-16,18-20,22,26-27,36,38-40,43-50,54-56,59,74-75H,11-12,17,21,23-25H2,1-10H3,(H2,58,76)(H,60,78)(H,61,67)(H,62,68)(H,63,77)(H,80,81)(H,82,83)(H,64,73,79)/t26-,27+,36-,38+,39+,40+,43+,44+,45+,46+,47+,48+,49+,50+,54+,55-,56+/m0/s1. The Balaban J connectivity index is 1.29. The Bertz CT molecular complexity index is 3820. The third-order valence-corrected chi connectivity index (χ3v) is 19.2. The molecule has 3 aromatic rings. The highest BCUT2D eigenvalue weighted by Gasteiger charge is 2.58. The van der Waals surface area contributed by atoms with E-state index in [4.69, 9.17) is 57.4 Å². The predicted molar refractivity (Wildman–Crippen MR) is 337 cm³/mol. The van der Waals surface area contributed by atoms with Crippen LogP contribution in [-0.2, 0) is 118 Å². The number of aromatic amines is 1. The number of anilines is 1. The smallest absolute Gasteiger partial charge is 0.463 e. The number of fused-ring (bicyclic) bond motifs is 1. The molecule has 4 heterocycles. The molecule has 0 saturated carbocycles. The molecule has 5 amide bonds. The second-order valence-corrected chi connectivity index (χ2v) is 28.0. The summed E-state index contributed by atoms with van der Waals surface area (Å²) in [5, 5.41) is 32.1. The number of sulfonamides is 1. The number of phosphoric acid groups is 2. The zero-order chi connectivity index (χ0) is 74.5. The van der Waals surface area contributed by atoms with Crippen LogP contribution in [0, 0.1) is 0 Å². The maximum absolute atomic E-state index is 14.3. The van der Waals surface area contributed by atoms with Crippen molar-refractivity contribution in [3.63, 3.8) is 0 Å². The predicted octanol–water partition coefficient (Wildman–Crippen LogP) is -3.14. The Labute approximate surface area is 570 Å². The second kappa shape index (κ2) is 35.3. The van der Waals surface area contributed by atoms with Gasteiger partial charge in [-0.25, -0.2) is 27.1 Å². The minimum absolute atomic E-state index is 0.0276. The van der Waals surface area contributed by atoms with Crippen molar-refractivity contribution in [2.75, 3.05) is 45.4 Å². The van der Waals surface area contributed by atoms with Crippen LogP contribution in [0.4, 0.5) is 5.69 Å². The lowest BCUT2D eigenvalue weighted by Gasteiger charge is -2.50. The number of benzene rings is 2. The summed E-state index contributed by atoms with van der Waals surface area (Å²) in [6.07, 6.45) is -24.6. The zero-order valence-electron chi connectivity index (χ0n) is 55.5. The summed E-state index contributed by atoms with van der Waals surface area (Å²) in [4.78, 5) is 167. The van der Waals surface area contributed by atoms with Gasteiger partial charge in [-0.15, -0.1) is 0 Å². The first kappa shape index (κ1) is 81.3. The first-order chi connectivity index (χ1) is 46.7. The number of amides is 5. The van der Waals surface area contributed by atoms with E-state index in [0.29, 0.717) is 15.3 Å². The fourth-order valence-electron chi connectivity index (χ4n) is 10.7. The molecule has 3 fully saturated rings. The molecule has 12 N–H and O–H groups in total. The van der Waals surface area contributed by atoms with Crippen molar-refractivity contribution in [1.82, 2.24) is 35.5 Å². The van der Waals surface area contributed by atoms with Gasteiger partial charge in [0, 0.05) is 90.9 Å². The maximum atomic E-state index is 14.3. The molecule has 43 heteroatoms. The van der Waals surface area contributed by atoms with Gasteiger partial charge >= 0.3 is 45.2 Å². The van der Waals surface area contributed by atoms with Crippen LogP contribution in [0.25, 0.3) is 10.8 Å². The molecule has 6 rings (SSSR count). The molecule has 2 unspecified atom stereocenters. The van der Waals surface area contributed by atoms with E-state index in [1.165, 1.54) is 13.0 Å². The summed E-state index contributed by atoms with van der Waals surface area (Å²) < 4.78 is 125. The van der Waals surface area contributed by atoms with E-state index in [2.05, 4.69) is 30.3 Å². The lowest BCUT2D eigenvalue weighted by Crippen LogP contribution is -2.70. The van der Waals surface area contributed by atoms with Crippen LogP contribution in [-0.4, -0.2) is 230 Å². The van der Waals surface area contributed by atoms with E-state index in [9.17, 15) is 90.3 Å². The molecule has 19 atom stereocenters. The molecule has 3 aliphatic heterocycles. The molecule has 0 bridgehead atoms. The van der Waals surface area contributed by atoms with Crippen molar-refractivity contribution in [2.45, 2.75) is 184 Å². The van der Waals surface area contributed by atoms with Crippen molar-refractivity contribution < 1.29 is 137 Å². The molecule has 3 aliphatic rings. The minimum atomic E-state index is -6.24. The van der Waals surface area contributed by atoms with Crippen LogP contribution >= 0.6 is 15.6 Å². The largest absolute Gasteiger partial charge is 0.483 e. The number of unbranched alkanes of at least 4 members (excludes halogenated alkanes) is 1. The number of H-pyrrole nitrogens is 1. The van der Waals surface area contributed by atoms with Gasteiger partial charge in [0.15, 0.2) is 31.0 Å². The normalized spacial score (nSPS) is 26.6. The minimum Gasteiger partial charge on any atom is -0.463 e. The van der Waals surface area contributed by atoms with Crippen LogP contribution in [0.2, 0.25) is 0 Å². The summed E-state index contributed by atoms with van der Waals surface area (Å²) in [5.74, 6) is -9.22. The van der Waals surface area contributed by atoms with Gasteiger partial charge in [-0.2, -0.15) is 4.31 Å². The average Bonchev–Trinajstić information content (AvgIpc) is 0.970. The number of nitrogens with two attached hydrogens (primary N) is 1. The molecular formula is C57H81N9O31P2S. The summed E-state index contributed by atoms with van der Waals surface area (Å²) in [5.41, 5.74) is 4.50. The van der Waals surface area contributed by atoms with Crippen LogP contribution < -0.4 is 47.9 Å². The number of rotatable bonds is 33. The highest BCUT2D eigenvalue weighted by atomic mass is 32.2. The van der Waals surface area contributed by atoms with Crippen molar-refractivity contribution in [3.8, 4) is 0 Å². The Hall–Kier alpha value is -7.70. The highest BCUT2D eigenvalue weighted by molar-refractivity contribution is 7.89. The van der Waals surface area contributed by atoms with E-state index >= 15 is 0 Å². The van der Waals surface area contributed by atoms with Crippen LogP contribution in [0.1, 0.15) is 80.9 Å². The maximum Gasteiger partial charge on any atom is 0.483 e. The quantitative estimate of drug-likeness (QED) is 0.0124. The first-order valence-corrected chi connectivity index (χ1v) is 35.1. The summed E-state index contributed by atoms with van der Waals surface area (Å²) >= 11 is 0. The lowest BCUT2D eigenvalue weighted by atomic mass is 9.93. The van der Waals surface area contributed by atoms with E-state index in [1.807, 2.05) is 30.0 Å². The molecule has 0 spiro atoms. The summed E-state index contributed by atoms with van der Waals surface area (Å²) in [6.45, 7) is 4.67. The van der Waals surface area contributed by atoms with Crippen molar-refractivity contribution >= 4 is 95.5 Å². The van der Waals surface area contributed by atoms with Crippen LogP contribution in [0.3, 0.4) is 0 Å². The number of esters is 4. The number of primary amides is 1. The fourth-order valence-corrected chi connectivity index (χ4v) is 14.2. The topological polar surface area (TPSA) is 558 Å². The van der Waals surface area contributed by atoms with E-state index < -0.39 is 214 Å². The molecule has 0 radical (unpaired) electrons. The van der Waals surface area contributed by atoms with E-state index in [-0.39, 0.29) is 30.7 Å². The summed E-state index contributed by atoms with van der Waals surface area (Å²) in [6, 6.07) is 4.00. The van der Waals surface area contributed by atoms with Gasteiger partial charge in [-0.3, -0.25) is 66.5 Å². The number of aliphatic hydroxyl groups is 2. The number of ether oxygens (including phenoxy) is 9. The third-order valence-electron chi connectivity index (χ3n) is 15.1. The van der Waals surface area contributed by atoms with Gasteiger partial charge in [0.05, 0.1) is 11.5 Å². The molecule has 100 heavy (non-hydrogen) atoms. The SMILES string of the molecule is CC(=O)N[C@H]1[C@H](O[C@H]2[C@H](O[C@H](C)C(=O)N[C@@H](C)C(=O)N[C@@H](CCCCNS(=O)(=O)c3cccc4c(N(C)C)cccc34)C(N)=O)[C@@H](NC(C)=O)[C@@H](OP(=O)(O)OP(=O)(O)OC[C@H]3O[C@@H](n4ccc(=O)[nH]c4=O)[C@H](O)[C@@H]3O)O[C@@H]2COC(C)=O)O[C@H](COC(C)=O)[C@@H](OC(C)=O)[C@@H]1OC(C)=O. The number of carbonyl (C=O) groups is 9. The van der Waals surface area contributed by atoms with Crippen LogP contribution in [0.5, 0.6) is 0 Å². The molecule has 40 nitrogen and oxygen atoms in total. The van der Waals surface area contributed by atoms with Gasteiger partial charge in [0.1, 0.15) is 86.2 Å². The van der Waals surface area contributed by atoms with Gasteiger partial charge in [-0.05, 0) is 45.2 Å². The highest BCUT2D eigenvalue weighted by Crippen LogP contribution is 2.62. The number of carbonyl (C=O) groups excluding carboxylic acids is 9. The first-order valence-electron chi connectivity index (χ1n) is 30.6. The number of hydrogen-bond acceptors (Lipinski definition) is 30. The third kappa shape index (κ3) is 22.4. The molecule has 2 aromatic carbocycles. The number of aromatic nitrogens is 2. The molecule has 1 aromatic heterocycles. The van der Waals surface area contributed by atoms with Crippen molar-refractivity contribution in [1.29, 1.82) is 0 Å². The lowest BCUT2D eigenvalue weighted by molar-refractivity contribution is -0.332. The average molecular weight is 1480 g/mol. The molecular weight excluding hydrogens is 1400 g/mol. The van der Waals surface area contributed by atoms with Crippen molar-refractivity contribution in [3.05, 3.63) is 69.5 Å². The van der Waals surface area contributed by atoms with Gasteiger partial charge in [-0.1, -0.05) is 24.3 Å². The van der Waals surface area contributed by atoms with Gasteiger partial charge in [0.2, 0.25) is 39.6 Å². The fraction of sp³-hybridized carbons (Fsp3) is 0.596. The number of nitrogens with zero attached hydrogens (tertiary/aromatic N) is 2. The zero-order valence-corrected chi connectivity index (χ0v) is 58.1. The Morgan fingerprint density at radius 3 is 1.85 bits per heavy atom. The Morgan fingerprint density at radius 1 is 0.690 bits per heavy atom. The Kier molecular flexibility index (Phi) is 28.7. The van der Waals surface area contributed by atoms with Crippen molar-refractivity contribution in [2.24, 2.45) is 5.73 Å². The monoisotopic (exact) mass is 1480 g/mol. The summed E-state index contributed by atoms with van der Waals surface area (Å²) in [7, 11) is -12.7. The Morgan fingerprint density at radius 2 is 1.27 bits per heavy atom. The number of hydrogen-bond donors (Lipinski definition) is 11. The molecule has 556 valence electrons. The second-order valence-electron chi connectivity index (χ2n) is 23.2. The number of nitrogens with one attached hydrogen (secondary N) is 6.